The monoisotopic (exact) mass is 265 g/mol. The van der Waals surface area contributed by atoms with E-state index in [-0.39, 0.29) is 5.25 Å². The second-order valence-electron chi connectivity index (χ2n) is 3.87. The molecule has 0 unspecified atom stereocenters. The fourth-order valence-electron chi connectivity index (χ4n) is 1.47. The van der Waals surface area contributed by atoms with Gasteiger partial charge >= 0.3 is 0 Å². The number of rotatable bonds is 5. The van der Waals surface area contributed by atoms with Crippen LogP contribution in [-0.4, -0.2) is 24.9 Å². The van der Waals surface area contributed by atoms with Gasteiger partial charge in [-0.2, -0.15) is 4.98 Å². The van der Waals surface area contributed by atoms with Crippen molar-refractivity contribution in [1.82, 2.24) is 24.9 Å². The van der Waals surface area contributed by atoms with Gasteiger partial charge < -0.3 is 9.09 Å². The first kappa shape index (κ1) is 12.8. The van der Waals surface area contributed by atoms with Crippen molar-refractivity contribution in [3.05, 3.63) is 30.2 Å². The molecule has 2 aromatic rings. The van der Waals surface area contributed by atoms with Gasteiger partial charge in [0.05, 0.1) is 5.25 Å². The Balaban J connectivity index is 2.16. The third-order valence-electron chi connectivity index (χ3n) is 2.39. The second-order valence-corrected chi connectivity index (χ2v) is 5.18. The van der Waals surface area contributed by atoms with E-state index in [1.165, 1.54) is 0 Å². The molecule has 2 rings (SSSR count). The maximum atomic E-state index is 5.15. The first-order chi connectivity index (χ1) is 8.61. The summed E-state index contributed by atoms with van der Waals surface area (Å²) in [6, 6.07) is 0. The van der Waals surface area contributed by atoms with Gasteiger partial charge in [-0.15, -0.1) is 16.8 Å². The third kappa shape index (κ3) is 2.61. The van der Waals surface area contributed by atoms with Gasteiger partial charge in [-0.25, -0.2) is 0 Å². The normalized spacial score (nSPS) is 12.6. The highest BCUT2D eigenvalue weighted by Gasteiger charge is 2.18. The van der Waals surface area contributed by atoms with E-state index in [1.807, 2.05) is 24.5 Å². The number of nitrogens with zero attached hydrogens (tertiary/aromatic N) is 5. The van der Waals surface area contributed by atoms with Crippen LogP contribution in [0.2, 0.25) is 0 Å². The average Bonchev–Trinajstić information content (AvgIpc) is 2.90. The standard InChI is InChI=1S/C11H15N5OS/c1-5-6-16-9(4)13-14-11(16)18-7(2)10-12-8(3)15-17-10/h5,7H,1,6H2,2-4H3/t7-/m1/s1. The molecule has 0 bridgehead atoms. The van der Waals surface area contributed by atoms with Crippen LogP contribution in [0.3, 0.4) is 0 Å². The molecule has 6 nitrogen and oxygen atoms in total. The lowest BCUT2D eigenvalue weighted by Crippen LogP contribution is -2.01. The summed E-state index contributed by atoms with van der Waals surface area (Å²) in [5.74, 6) is 2.11. The molecule has 0 aromatic carbocycles. The Bertz CT molecular complexity index is 547. The van der Waals surface area contributed by atoms with E-state index >= 15 is 0 Å². The lowest BCUT2D eigenvalue weighted by atomic mass is 10.5. The topological polar surface area (TPSA) is 69.6 Å². The number of hydrogen-bond acceptors (Lipinski definition) is 6. The van der Waals surface area contributed by atoms with E-state index in [1.54, 1.807) is 18.7 Å². The molecule has 0 aliphatic rings. The Morgan fingerprint density at radius 2 is 2.22 bits per heavy atom. The molecule has 0 saturated carbocycles. The summed E-state index contributed by atoms with van der Waals surface area (Å²) in [4.78, 5) is 4.21. The molecule has 0 amide bonds. The zero-order valence-corrected chi connectivity index (χ0v) is 11.4. The van der Waals surface area contributed by atoms with Crippen molar-refractivity contribution in [3.8, 4) is 0 Å². The maximum Gasteiger partial charge on any atom is 0.239 e. The van der Waals surface area contributed by atoms with Crippen molar-refractivity contribution in [2.24, 2.45) is 0 Å². The van der Waals surface area contributed by atoms with E-state index in [4.69, 9.17) is 4.52 Å². The van der Waals surface area contributed by atoms with Gasteiger partial charge in [0, 0.05) is 6.54 Å². The molecule has 0 N–H and O–H groups in total. The van der Waals surface area contributed by atoms with Crippen molar-refractivity contribution in [2.75, 3.05) is 0 Å². The first-order valence-corrected chi connectivity index (χ1v) is 6.47. The fourth-order valence-corrected chi connectivity index (χ4v) is 2.41. The Morgan fingerprint density at radius 3 is 2.83 bits per heavy atom. The molecule has 1 atom stereocenters. The number of thioether (sulfide) groups is 1. The van der Waals surface area contributed by atoms with Crippen molar-refractivity contribution in [1.29, 1.82) is 0 Å². The highest BCUT2D eigenvalue weighted by molar-refractivity contribution is 7.99. The van der Waals surface area contributed by atoms with Crippen LogP contribution in [0, 0.1) is 13.8 Å². The summed E-state index contributed by atoms with van der Waals surface area (Å²) < 4.78 is 7.14. The number of hydrogen-bond donors (Lipinski definition) is 0. The average molecular weight is 265 g/mol. The smallest absolute Gasteiger partial charge is 0.239 e. The predicted molar refractivity (Wildman–Crippen MR) is 68.3 cm³/mol. The van der Waals surface area contributed by atoms with Crippen LogP contribution in [0.25, 0.3) is 0 Å². The van der Waals surface area contributed by atoms with E-state index in [9.17, 15) is 0 Å². The first-order valence-electron chi connectivity index (χ1n) is 5.59. The van der Waals surface area contributed by atoms with Crippen molar-refractivity contribution >= 4 is 11.8 Å². The SMILES string of the molecule is C=CCn1c(C)nnc1S[C@H](C)c1nc(C)no1. The minimum atomic E-state index is 0.0402. The van der Waals surface area contributed by atoms with Gasteiger partial charge in [0.15, 0.2) is 11.0 Å². The summed E-state index contributed by atoms with van der Waals surface area (Å²) in [6.45, 7) is 10.1. The lowest BCUT2D eigenvalue weighted by molar-refractivity contribution is 0.376. The fraction of sp³-hybridized carbons (Fsp3) is 0.455. The minimum absolute atomic E-state index is 0.0402. The Morgan fingerprint density at radius 1 is 1.44 bits per heavy atom. The molecule has 96 valence electrons. The molecular weight excluding hydrogens is 250 g/mol. The van der Waals surface area contributed by atoms with Gasteiger partial charge in [-0.1, -0.05) is 23.0 Å². The maximum absolute atomic E-state index is 5.15. The highest BCUT2D eigenvalue weighted by atomic mass is 32.2. The summed E-state index contributed by atoms with van der Waals surface area (Å²) in [6.07, 6.45) is 1.82. The van der Waals surface area contributed by atoms with Crippen molar-refractivity contribution < 1.29 is 4.52 Å². The Kier molecular flexibility index (Phi) is 3.81. The molecule has 0 aliphatic carbocycles. The molecule has 2 aromatic heterocycles. The predicted octanol–water partition coefficient (Wildman–Crippen LogP) is 2.32. The number of aromatic nitrogens is 5. The Hall–Kier alpha value is -1.63. The quantitative estimate of drug-likeness (QED) is 0.610. The molecule has 0 fully saturated rings. The largest absolute Gasteiger partial charge is 0.338 e. The van der Waals surface area contributed by atoms with Gasteiger partial charge in [0.1, 0.15) is 5.82 Å². The van der Waals surface area contributed by atoms with Crippen molar-refractivity contribution in [3.63, 3.8) is 0 Å². The summed E-state index contributed by atoms with van der Waals surface area (Å²) in [5.41, 5.74) is 0. The summed E-state index contributed by atoms with van der Waals surface area (Å²) >= 11 is 1.54. The van der Waals surface area contributed by atoms with Crippen LogP contribution in [-0.2, 0) is 6.54 Å². The molecule has 0 aliphatic heterocycles. The molecule has 7 heteroatoms. The zero-order chi connectivity index (χ0) is 13.1. The van der Waals surface area contributed by atoms with E-state index in [2.05, 4.69) is 26.9 Å². The van der Waals surface area contributed by atoms with Gasteiger partial charge in [0.25, 0.3) is 0 Å². The van der Waals surface area contributed by atoms with Crippen LogP contribution in [0.4, 0.5) is 0 Å². The van der Waals surface area contributed by atoms with Crippen molar-refractivity contribution in [2.45, 2.75) is 37.7 Å². The van der Waals surface area contributed by atoms with E-state index in [0.717, 1.165) is 11.0 Å². The molecule has 18 heavy (non-hydrogen) atoms. The number of aryl methyl sites for hydroxylation is 2. The molecule has 0 radical (unpaired) electrons. The molecule has 0 saturated heterocycles. The van der Waals surface area contributed by atoms with Gasteiger partial charge in [-0.3, -0.25) is 0 Å². The van der Waals surface area contributed by atoms with Gasteiger partial charge in [-0.05, 0) is 20.8 Å². The molecule has 2 heterocycles. The van der Waals surface area contributed by atoms with Crippen LogP contribution in [0.1, 0.15) is 29.7 Å². The molecular formula is C11H15N5OS. The number of allylic oxidation sites excluding steroid dienone is 1. The lowest BCUT2D eigenvalue weighted by Gasteiger charge is -2.07. The van der Waals surface area contributed by atoms with Gasteiger partial charge in [0.2, 0.25) is 5.89 Å². The summed E-state index contributed by atoms with van der Waals surface area (Å²) in [7, 11) is 0. The van der Waals surface area contributed by atoms with Crippen LogP contribution < -0.4 is 0 Å². The van der Waals surface area contributed by atoms with Crippen LogP contribution in [0.5, 0.6) is 0 Å². The summed E-state index contributed by atoms with van der Waals surface area (Å²) in [5, 5.41) is 12.9. The molecule has 0 spiro atoms. The zero-order valence-electron chi connectivity index (χ0n) is 10.6. The minimum Gasteiger partial charge on any atom is -0.338 e. The second kappa shape index (κ2) is 5.34. The van der Waals surface area contributed by atoms with Crippen LogP contribution >= 0.6 is 11.8 Å². The Labute approximate surface area is 109 Å². The highest BCUT2D eigenvalue weighted by Crippen LogP contribution is 2.32. The third-order valence-corrected chi connectivity index (χ3v) is 3.45. The van der Waals surface area contributed by atoms with E-state index in [0.29, 0.717) is 18.3 Å². The van der Waals surface area contributed by atoms with Crippen LogP contribution in [0.15, 0.2) is 22.3 Å². The van der Waals surface area contributed by atoms with E-state index < -0.39 is 0 Å².